The number of aryl methyl sites for hydroxylation is 1. The van der Waals surface area contributed by atoms with Crippen LogP contribution in [0.3, 0.4) is 0 Å². The van der Waals surface area contributed by atoms with Crippen LogP contribution in [0.25, 0.3) is 0 Å². The number of amides is 1. The fourth-order valence-corrected chi connectivity index (χ4v) is 6.24. The third-order valence-corrected chi connectivity index (χ3v) is 7.19. The van der Waals surface area contributed by atoms with Crippen molar-refractivity contribution in [1.82, 2.24) is 4.90 Å². The quantitative estimate of drug-likeness (QED) is 0.793. The molecule has 0 bridgehead atoms. The molecule has 0 aromatic heterocycles. The number of anilines is 1. The number of para-hydroxylation sites is 1. The second kappa shape index (κ2) is 7.44. The fraction of sp³-hybridized carbons (Fsp3) is 0.381. The van der Waals surface area contributed by atoms with Gasteiger partial charge in [-0.3, -0.25) is 9.69 Å². The second-order valence-electron chi connectivity index (χ2n) is 7.37. The van der Waals surface area contributed by atoms with Crippen LogP contribution in [-0.4, -0.2) is 55.9 Å². The molecule has 0 aliphatic carbocycles. The van der Waals surface area contributed by atoms with Crippen molar-refractivity contribution in [3.05, 3.63) is 66.2 Å². The minimum Gasteiger partial charge on any atom is -0.306 e. The van der Waals surface area contributed by atoms with Crippen LogP contribution in [0.1, 0.15) is 12.0 Å². The van der Waals surface area contributed by atoms with E-state index < -0.39 is 9.84 Å². The van der Waals surface area contributed by atoms with E-state index in [-0.39, 0.29) is 36.0 Å². The highest BCUT2D eigenvalue weighted by Gasteiger charge is 2.49. The largest absolute Gasteiger partial charge is 0.306 e. The van der Waals surface area contributed by atoms with Gasteiger partial charge in [-0.1, -0.05) is 48.5 Å². The first kappa shape index (κ1) is 18.2. The van der Waals surface area contributed by atoms with E-state index in [0.29, 0.717) is 0 Å². The molecule has 2 heterocycles. The molecule has 2 saturated heterocycles. The van der Waals surface area contributed by atoms with Crippen molar-refractivity contribution in [3.63, 3.8) is 0 Å². The molecule has 142 valence electrons. The van der Waals surface area contributed by atoms with E-state index in [2.05, 4.69) is 17.0 Å². The van der Waals surface area contributed by atoms with Crippen molar-refractivity contribution in [2.45, 2.75) is 24.9 Å². The van der Waals surface area contributed by atoms with Gasteiger partial charge in [0.15, 0.2) is 9.84 Å². The van der Waals surface area contributed by atoms with Gasteiger partial charge in [0, 0.05) is 11.7 Å². The molecule has 6 heteroatoms. The minimum atomic E-state index is -3.14. The maximum atomic E-state index is 12.9. The van der Waals surface area contributed by atoms with E-state index in [1.165, 1.54) is 5.56 Å². The van der Waals surface area contributed by atoms with Gasteiger partial charge in [-0.2, -0.15) is 0 Å². The summed E-state index contributed by atoms with van der Waals surface area (Å²) in [4.78, 5) is 16.7. The molecule has 2 aromatic carbocycles. The standard InChI is InChI=1S/C21H24N2O3S/c24-21-14-22(13-7-10-17-8-3-1-4-9-17)19-15-27(25,26)16-20(19)23(21)18-11-5-2-6-12-18/h1-6,8-9,11-12,19-20H,7,10,13-16H2/t19-,20+/m1/s1. The molecular formula is C21H24N2O3S. The Hall–Kier alpha value is -2.18. The van der Waals surface area contributed by atoms with Crippen molar-refractivity contribution in [2.24, 2.45) is 0 Å². The summed E-state index contributed by atoms with van der Waals surface area (Å²) in [6.07, 6.45) is 1.84. The molecule has 1 amide bonds. The predicted octanol–water partition coefficient (Wildman–Crippen LogP) is 2.13. The maximum Gasteiger partial charge on any atom is 0.241 e. The summed E-state index contributed by atoms with van der Waals surface area (Å²) < 4.78 is 24.7. The Kier molecular flexibility index (Phi) is 5.02. The normalized spacial score (nSPS) is 24.7. The number of carbonyl (C=O) groups is 1. The van der Waals surface area contributed by atoms with E-state index in [1.807, 2.05) is 48.5 Å². The smallest absolute Gasteiger partial charge is 0.241 e. The first-order valence-electron chi connectivity index (χ1n) is 9.39. The number of nitrogens with zero attached hydrogens (tertiary/aromatic N) is 2. The molecule has 27 heavy (non-hydrogen) atoms. The SMILES string of the molecule is O=C1CN(CCCc2ccccc2)[C@@H]2CS(=O)(=O)C[C@@H]2N1c1ccccc1. The lowest BCUT2D eigenvalue weighted by Crippen LogP contribution is -2.62. The third kappa shape index (κ3) is 3.92. The highest BCUT2D eigenvalue weighted by Crippen LogP contribution is 2.31. The van der Waals surface area contributed by atoms with Crippen molar-refractivity contribution < 1.29 is 13.2 Å². The molecule has 2 aliphatic rings. The lowest BCUT2D eigenvalue weighted by atomic mass is 10.0. The zero-order valence-electron chi connectivity index (χ0n) is 15.2. The second-order valence-corrected chi connectivity index (χ2v) is 9.52. The van der Waals surface area contributed by atoms with Gasteiger partial charge in [-0.05, 0) is 37.1 Å². The first-order valence-corrected chi connectivity index (χ1v) is 11.2. The Bertz CT molecular complexity index is 900. The fourth-order valence-electron chi connectivity index (χ4n) is 4.26. The molecule has 2 aromatic rings. The Morgan fingerprint density at radius 3 is 2.22 bits per heavy atom. The van der Waals surface area contributed by atoms with Gasteiger partial charge in [-0.15, -0.1) is 0 Å². The van der Waals surface area contributed by atoms with Crippen molar-refractivity contribution in [3.8, 4) is 0 Å². The molecule has 5 nitrogen and oxygen atoms in total. The topological polar surface area (TPSA) is 57.7 Å². The number of piperazine rings is 1. The molecule has 0 unspecified atom stereocenters. The molecule has 2 fully saturated rings. The monoisotopic (exact) mass is 384 g/mol. The van der Waals surface area contributed by atoms with Crippen LogP contribution in [0, 0.1) is 0 Å². The van der Waals surface area contributed by atoms with Gasteiger partial charge in [0.25, 0.3) is 0 Å². The minimum absolute atomic E-state index is 0.0146. The van der Waals surface area contributed by atoms with E-state index in [1.54, 1.807) is 4.90 Å². The summed E-state index contributed by atoms with van der Waals surface area (Å²) in [6.45, 7) is 1.01. The van der Waals surface area contributed by atoms with Crippen LogP contribution in [0.4, 0.5) is 5.69 Å². The number of hydrogen-bond donors (Lipinski definition) is 0. The molecule has 0 N–H and O–H groups in total. The summed E-state index contributed by atoms with van der Waals surface area (Å²) in [6, 6.07) is 19.3. The summed E-state index contributed by atoms with van der Waals surface area (Å²) in [7, 11) is -3.14. The number of carbonyl (C=O) groups excluding carboxylic acids is 1. The van der Waals surface area contributed by atoms with Gasteiger partial charge in [0.1, 0.15) is 0 Å². The van der Waals surface area contributed by atoms with E-state index in [4.69, 9.17) is 0 Å². The van der Waals surface area contributed by atoms with Gasteiger partial charge in [-0.25, -0.2) is 8.42 Å². The van der Waals surface area contributed by atoms with Gasteiger partial charge >= 0.3 is 0 Å². The van der Waals surface area contributed by atoms with E-state index >= 15 is 0 Å². The molecule has 0 saturated carbocycles. The summed E-state index contributed by atoms with van der Waals surface area (Å²) in [5.74, 6) is 0.173. The number of fused-ring (bicyclic) bond motifs is 1. The Balaban J connectivity index is 1.51. The number of rotatable bonds is 5. The van der Waals surface area contributed by atoms with Crippen molar-refractivity contribution in [1.29, 1.82) is 0 Å². The molecule has 0 radical (unpaired) electrons. The molecular weight excluding hydrogens is 360 g/mol. The van der Waals surface area contributed by atoms with Gasteiger partial charge in [0.05, 0.1) is 24.1 Å². The Morgan fingerprint density at radius 1 is 0.889 bits per heavy atom. The number of benzene rings is 2. The van der Waals surface area contributed by atoms with Crippen LogP contribution in [0.2, 0.25) is 0 Å². The zero-order valence-corrected chi connectivity index (χ0v) is 16.0. The van der Waals surface area contributed by atoms with Crippen LogP contribution in [-0.2, 0) is 21.1 Å². The first-order chi connectivity index (χ1) is 13.0. The van der Waals surface area contributed by atoms with Crippen LogP contribution >= 0.6 is 0 Å². The van der Waals surface area contributed by atoms with Crippen LogP contribution in [0.5, 0.6) is 0 Å². The zero-order chi connectivity index (χ0) is 18.9. The van der Waals surface area contributed by atoms with Crippen molar-refractivity contribution in [2.75, 3.05) is 29.5 Å². The number of sulfone groups is 1. The Labute approximate surface area is 160 Å². The van der Waals surface area contributed by atoms with Crippen LogP contribution < -0.4 is 4.90 Å². The predicted molar refractivity (Wildman–Crippen MR) is 106 cm³/mol. The van der Waals surface area contributed by atoms with Crippen molar-refractivity contribution >= 4 is 21.4 Å². The average molecular weight is 385 g/mol. The highest BCUT2D eigenvalue weighted by molar-refractivity contribution is 7.91. The average Bonchev–Trinajstić information content (AvgIpc) is 2.98. The van der Waals surface area contributed by atoms with Gasteiger partial charge in [0.2, 0.25) is 5.91 Å². The Morgan fingerprint density at radius 2 is 1.52 bits per heavy atom. The number of hydrogen-bond acceptors (Lipinski definition) is 4. The molecule has 2 aliphatic heterocycles. The lowest BCUT2D eigenvalue weighted by molar-refractivity contribution is -0.123. The molecule has 4 rings (SSSR count). The highest BCUT2D eigenvalue weighted by atomic mass is 32.2. The molecule has 2 atom stereocenters. The maximum absolute atomic E-state index is 12.9. The third-order valence-electron chi connectivity index (χ3n) is 5.49. The van der Waals surface area contributed by atoms with E-state index in [0.717, 1.165) is 25.1 Å². The molecule has 0 spiro atoms. The summed E-state index contributed by atoms with van der Waals surface area (Å²) in [5.41, 5.74) is 2.06. The van der Waals surface area contributed by atoms with Crippen LogP contribution in [0.15, 0.2) is 60.7 Å². The summed E-state index contributed by atoms with van der Waals surface area (Å²) >= 11 is 0. The lowest BCUT2D eigenvalue weighted by Gasteiger charge is -2.43. The van der Waals surface area contributed by atoms with E-state index in [9.17, 15) is 13.2 Å². The van der Waals surface area contributed by atoms with Gasteiger partial charge < -0.3 is 4.90 Å². The summed E-state index contributed by atoms with van der Waals surface area (Å²) in [5, 5.41) is 0.